The van der Waals surface area contributed by atoms with Gasteiger partial charge in [0.1, 0.15) is 0 Å². The molecule has 2 aliphatic rings. The SMILES string of the molecule is CCCCCCCCOc1cc2c3nc4nc(nc5[n-]c(nc6nc(nc([n-]3)c2cc1OCCCCCCCC)C(c1ccccc1)=C6c1ccccc1)c(-c1ccccc1)c5-c1ccccc1)C(c1ccccc1)=C4c1ccccc1.[Zn+2]. The second-order valence-corrected chi connectivity index (χ2v) is 21.0. The number of hydrogen-bond acceptors (Lipinski definition) is 8. The molecule has 7 aromatic carbocycles. The van der Waals surface area contributed by atoms with Crippen LogP contribution >= 0.6 is 0 Å². The molecule has 408 valence electrons. The smallest absolute Gasteiger partial charge is 0.490 e. The molecule has 5 heterocycles. The summed E-state index contributed by atoms with van der Waals surface area (Å²) in [6.07, 6.45) is 13.8. The summed E-state index contributed by atoms with van der Waals surface area (Å²) in [5.74, 6) is 3.11. The van der Waals surface area contributed by atoms with Crippen molar-refractivity contribution in [2.75, 3.05) is 13.2 Å². The van der Waals surface area contributed by atoms with Crippen molar-refractivity contribution in [3.05, 3.63) is 240 Å². The van der Waals surface area contributed by atoms with Crippen LogP contribution in [0.3, 0.4) is 0 Å². The van der Waals surface area contributed by atoms with Crippen molar-refractivity contribution in [1.29, 1.82) is 0 Å². The van der Waals surface area contributed by atoms with Crippen molar-refractivity contribution < 1.29 is 29.0 Å². The number of ether oxygens (including phenoxy) is 2. The minimum atomic E-state index is 0. The molecule has 10 aromatic rings. The minimum absolute atomic E-state index is 0. The maximum atomic E-state index is 6.78. The van der Waals surface area contributed by atoms with Crippen LogP contribution in [0.2, 0.25) is 0 Å². The first-order valence-corrected chi connectivity index (χ1v) is 29.3. The Morgan fingerprint density at radius 3 is 0.880 bits per heavy atom. The topological polar surface area (TPSA) is 124 Å². The molecule has 0 radical (unpaired) electrons. The second kappa shape index (κ2) is 27.0. The molecule has 11 heteroatoms. The first-order chi connectivity index (χ1) is 40.6. The van der Waals surface area contributed by atoms with Gasteiger partial charge in [0.2, 0.25) is 0 Å². The number of fused-ring (bicyclic) bond motifs is 11. The van der Waals surface area contributed by atoms with Crippen LogP contribution in [0.4, 0.5) is 0 Å². The number of benzene rings is 7. The summed E-state index contributed by atoms with van der Waals surface area (Å²) in [5.41, 5.74) is 12.2. The van der Waals surface area contributed by atoms with E-state index in [9.17, 15) is 0 Å². The zero-order valence-corrected chi connectivity index (χ0v) is 50.4. The summed E-state index contributed by atoms with van der Waals surface area (Å²) in [6, 6.07) is 66.0. The van der Waals surface area contributed by atoms with Gasteiger partial charge in [-0.3, -0.25) is 0 Å². The zero-order chi connectivity index (χ0) is 55.5. The van der Waals surface area contributed by atoms with Crippen molar-refractivity contribution >= 4 is 55.7 Å². The molecule has 0 atom stereocenters. The Labute approximate surface area is 499 Å². The zero-order valence-electron chi connectivity index (χ0n) is 47.5. The molecule has 0 N–H and O–H groups in total. The van der Waals surface area contributed by atoms with Gasteiger partial charge in [-0.1, -0.05) is 260 Å². The molecule has 3 aromatic heterocycles. The number of unbranched alkanes of at least 4 members (excludes halogenated alkanes) is 10. The number of hydrogen-bond donors (Lipinski definition) is 0. The molecule has 0 aliphatic carbocycles. The van der Waals surface area contributed by atoms with Crippen LogP contribution in [-0.2, 0) is 19.5 Å². The molecule has 0 spiro atoms. The monoisotopic (exact) mass is 1140 g/mol. The average Bonchev–Trinajstić information content (AvgIpc) is 4.10. The van der Waals surface area contributed by atoms with Crippen LogP contribution in [0.1, 0.15) is 136 Å². The predicted molar refractivity (Wildman–Crippen MR) is 332 cm³/mol. The normalized spacial score (nSPS) is 12.2. The third-order valence-electron chi connectivity index (χ3n) is 15.2. The first-order valence-electron chi connectivity index (χ1n) is 29.3. The molecule has 0 fully saturated rings. The van der Waals surface area contributed by atoms with Gasteiger partial charge in [-0.15, -0.1) is 0 Å². The van der Waals surface area contributed by atoms with Crippen LogP contribution in [0, 0.1) is 0 Å². The van der Waals surface area contributed by atoms with Crippen molar-refractivity contribution in [2.45, 2.75) is 90.9 Å². The van der Waals surface area contributed by atoms with Gasteiger partial charge >= 0.3 is 19.5 Å². The van der Waals surface area contributed by atoms with Gasteiger partial charge in [0.15, 0.2) is 11.5 Å². The van der Waals surface area contributed by atoms with Crippen LogP contribution in [-0.4, -0.2) is 43.1 Å². The molecule has 0 unspecified atom stereocenters. The van der Waals surface area contributed by atoms with Crippen molar-refractivity contribution in [3.63, 3.8) is 0 Å². The Morgan fingerprint density at radius 1 is 0.301 bits per heavy atom. The molecular weight excluding hydrogens is 1070 g/mol. The van der Waals surface area contributed by atoms with E-state index in [1.807, 2.05) is 109 Å². The van der Waals surface area contributed by atoms with E-state index in [1.54, 1.807) is 0 Å². The number of nitrogens with zero attached hydrogens (tertiary/aromatic N) is 8. The van der Waals surface area contributed by atoms with Gasteiger partial charge in [-0.25, -0.2) is 9.97 Å². The molecular formula is C72H66N8O2Zn. The van der Waals surface area contributed by atoms with E-state index in [1.165, 1.54) is 51.4 Å². The predicted octanol–water partition coefficient (Wildman–Crippen LogP) is 17.1. The summed E-state index contributed by atoms with van der Waals surface area (Å²) >= 11 is 0. The number of aromatic nitrogens is 8. The Kier molecular flexibility index (Phi) is 18.3. The van der Waals surface area contributed by atoms with Crippen LogP contribution < -0.4 is 19.4 Å². The summed E-state index contributed by atoms with van der Waals surface area (Å²) < 4.78 is 13.6. The largest absolute Gasteiger partial charge is 2.00 e. The maximum absolute atomic E-state index is 6.78. The third kappa shape index (κ3) is 12.4. The summed E-state index contributed by atoms with van der Waals surface area (Å²) in [6.45, 7) is 5.61. The fourth-order valence-electron chi connectivity index (χ4n) is 11.1. The molecule has 12 rings (SSSR count). The average molecular weight is 1140 g/mol. The van der Waals surface area contributed by atoms with E-state index in [0.717, 1.165) is 103 Å². The quantitative estimate of drug-likeness (QED) is 0.0478. The molecule has 2 aliphatic heterocycles. The third-order valence-corrected chi connectivity index (χ3v) is 15.2. The molecule has 0 amide bonds. The van der Waals surface area contributed by atoms with E-state index in [4.69, 9.17) is 49.3 Å². The maximum Gasteiger partial charge on any atom is 2.00 e. The molecule has 83 heavy (non-hydrogen) atoms. The van der Waals surface area contributed by atoms with Gasteiger partial charge in [0, 0.05) is 56.0 Å². The van der Waals surface area contributed by atoms with Crippen molar-refractivity contribution in [3.8, 4) is 33.8 Å². The summed E-state index contributed by atoms with van der Waals surface area (Å²) in [7, 11) is 0. The molecule has 10 nitrogen and oxygen atoms in total. The molecule has 0 saturated heterocycles. The second-order valence-electron chi connectivity index (χ2n) is 21.0. The van der Waals surface area contributed by atoms with Gasteiger partial charge in [0.05, 0.1) is 36.5 Å². The fraction of sp³-hybridized carbons (Fsp3) is 0.222. The fourth-order valence-corrected chi connectivity index (χ4v) is 11.1. The van der Waals surface area contributed by atoms with Gasteiger partial charge < -0.3 is 39.4 Å². The minimum Gasteiger partial charge on any atom is -0.490 e. The standard InChI is InChI=1S/C72H66N8O2.Zn/c1-3-5-7-9-11-31-45-81-57-47-55-56(48-58(57)82-46-32-12-10-8-6-4-2)66-73-65(55)74-67-59(49-33-19-13-20-34-49)61(51-37-23-15-24-38-51)69(76-67)78-71-63(53-41-27-17-28-42-53)64(54-43-29-18-30-44-54)72(80-71)79-70-62(52-39-25-16-26-40-52)60(68(75-66)77-70)50-35-21-14-22-36-50;/h13-30,33-44,47-48H,3-12,31-32,45-46H2,1-2H3;/q-2;+2. The van der Waals surface area contributed by atoms with Crippen molar-refractivity contribution in [1.82, 2.24) is 39.9 Å². The van der Waals surface area contributed by atoms with E-state index in [2.05, 4.69) is 98.8 Å². The first kappa shape index (κ1) is 56.2. The Hall–Kier alpha value is -8.66. The van der Waals surface area contributed by atoms with Crippen LogP contribution in [0.25, 0.3) is 77.9 Å². The van der Waals surface area contributed by atoms with Crippen LogP contribution in [0.15, 0.2) is 194 Å². The number of rotatable bonds is 22. The van der Waals surface area contributed by atoms with E-state index < -0.39 is 0 Å². The summed E-state index contributed by atoms with van der Waals surface area (Å²) in [5, 5.41) is 1.49. The summed E-state index contributed by atoms with van der Waals surface area (Å²) in [4.78, 5) is 44.3. The Morgan fingerprint density at radius 2 is 0.566 bits per heavy atom. The van der Waals surface area contributed by atoms with E-state index >= 15 is 0 Å². The van der Waals surface area contributed by atoms with Gasteiger partial charge in [-0.05, 0) is 69.1 Å². The Balaban J connectivity index is 0.00000721. The molecule has 8 bridgehead atoms. The van der Waals surface area contributed by atoms with Crippen molar-refractivity contribution in [2.24, 2.45) is 0 Å². The Bertz CT molecular complexity index is 3800. The van der Waals surface area contributed by atoms with Gasteiger partial charge in [0.25, 0.3) is 0 Å². The van der Waals surface area contributed by atoms with E-state index in [-0.39, 0.29) is 19.5 Å². The van der Waals surface area contributed by atoms with Gasteiger partial charge in [-0.2, -0.15) is 0 Å². The molecule has 0 saturated carbocycles. The van der Waals surface area contributed by atoms with Crippen LogP contribution in [0.5, 0.6) is 11.5 Å². The van der Waals surface area contributed by atoms with E-state index in [0.29, 0.717) is 70.6 Å².